The lowest BCUT2D eigenvalue weighted by Gasteiger charge is -2.30. The van der Waals surface area contributed by atoms with Crippen LogP contribution in [0, 0.1) is 11.5 Å². The van der Waals surface area contributed by atoms with E-state index in [9.17, 15) is 10.4 Å². The Labute approximate surface area is 144 Å². The molecule has 0 bridgehead atoms. The molecule has 25 heavy (non-hydrogen) atoms. The van der Waals surface area contributed by atoms with Crippen LogP contribution < -0.4 is 5.73 Å². The van der Waals surface area contributed by atoms with E-state index in [0.717, 1.165) is 41.5 Å². The number of fused-ring (bicyclic) bond motifs is 1. The zero-order valence-electron chi connectivity index (χ0n) is 13.6. The highest BCUT2D eigenvalue weighted by Gasteiger charge is 2.24. The van der Waals surface area contributed by atoms with Gasteiger partial charge < -0.3 is 20.3 Å². The van der Waals surface area contributed by atoms with Gasteiger partial charge in [0.15, 0.2) is 6.19 Å². The normalized spacial score (nSPS) is 17.6. The first-order valence-corrected chi connectivity index (χ1v) is 8.22. The summed E-state index contributed by atoms with van der Waals surface area (Å²) in [7, 11) is 0. The van der Waals surface area contributed by atoms with E-state index in [1.54, 1.807) is 17.0 Å². The van der Waals surface area contributed by atoms with Crippen molar-refractivity contribution in [3.63, 3.8) is 0 Å². The van der Waals surface area contributed by atoms with Gasteiger partial charge in [0, 0.05) is 24.8 Å². The molecule has 2 aromatic heterocycles. The van der Waals surface area contributed by atoms with Gasteiger partial charge in [0.25, 0.3) is 0 Å². The van der Waals surface area contributed by atoms with Crippen LogP contribution in [0.15, 0.2) is 36.8 Å². The van der Waals surface area contributed by atoms with Crippen LogP contribution in [0.25, 0.3) is 22.2 Å². The molecule has 0 radical (unpaired) electrons. The average Bonchev–Trinajstić information content (AvgIpc) is 3.03. The number of rotatable bonds is 2. The van der Waals surface area contributed by atoms with Crippen LogP contribution in [0.4, 0.5) is 5.82 Å². The highest BCUT2D eigenvalue weighted by molar-refractivity contribution is 6.00. The third kappa shape index (κ3) is 2.62. The van der Waals surface area contributed by atoms with Gasteiger partial charge in [0.2, 0.25) is 0 Å². The Morgan fingerprint density at radius 1 is 1.24 bits per heavy atom. The lowest BCUT2D eigenvalue weighted by molar-refractivity contribution is 0.248. The van der Waals surface area contributed by atoms with E-state index >= 15 is 0 Å². The maximum atomic E-state index is 9.55. The topological polar surface area (TPSA) is 104 Å². The number of aromatic hydroxyl groups is 1. The zero-order chi connectivity index (χ0) is 17.4. The predicted molar refractivity (Wildman–Crippen MR) is 94.5 cm³/mol. The maximum Gasteiger partial charge on any atom is 0.179 e. The number of nitriles is 1. The molecule has 0 saturated carbocycles. The van der Waals surface area contributed by atoms with E-state index in [2.05, 4.69) is 20.7 Å². The number of hydrogen-bond donors (Lipinski definition) is 2. The summed E-state index contributed by atoms with van der Waals surface area (Å²) in [6.45, 7) is 1.47. The van der Waals surface area contributed by atoms with Crippen LogP contribution in [0.1, 0.15) is 18.9 Å². The summed E-state index contributed by atoms with van der Waals surface area (Å²) >= 11 is 0. The number of aromatic nitrogens is 3. The molecule has 0 spiro atoms. The van der Waals surface area contributed by atoms with Crippen LogP contribution >= 0.6 is 0 Å². The van der Waals surface area contributed by atoms with Gasteiger partial charge in [-0.1, -0.05) is 12.1 Å². The summed E-state index contributed by atoms with van der Waals surface area (Å²) in [6.07, 6.45) is 7.70. The second-order valence-electron chi connectivity index (χ2n) is 6.30. The first kappa shape index (κ1) is 15.3. The monoisotopic (exact) mass is 334 g/mol. The van der Waals surface area contributed by atoms with E-state index in [1.165, 1.54) is 6.33 Å². The first-order chi connectivity index (χ1) is 12.2. The maximum absolute atomic E-state index is 9.55. The van der Waals surface area contributed by atoms with Gasteiger partial charge in [-0.05, 0) is 30.5 Å². The molecule has 1 aromatic carbocycles. The quantitative estimate of drug-likeness (QED) is 0.698. The van der Waals surface area contributed by atoms with Crippen molar-refractivity contribution >= 4 is 16.9 Å². The van der Waals surface area contributed by atoms with Crippen LogP contribution in [-0.2, 0) is 0 Å². The number of nitrogens with zero attached hydrogens (tertiary/aromatic N) is 5. The minimum absolute atomic E-state index is 0.163. The number of benzene rings is 1. The third-order valence-electron chi connectivity index (χ3n) is 4.75. The molecule has 1 aliphatic heterocycles. The first-order valence-electron chi connectivity index (χ1n) is 8.22. The highest BCUT2D eigenvalue weighted by atomic mass is 16.3. The van der Waals surface area contributed by atoms with Crippen molar-refractivity contribution in [2.45, 2.75) is 18.9 Å². The SMILES string of the molecule is N#CN1CCCC(n2cc(-c3ccc(O)cc3)c3c(N)ncnc32)C1. The molecule has 7 nitrogen and oxygen atoms in total. The highest BCUT2D eigenvalue weighted by Crippen LogP contribution is 2.36. The molecule has 1 fully saturated rings. The number of piperidine rings is 1. The van der Waals surface area contributed by atoms with Gasteiger partial charge >= 0.3 is 0 Å². The van der Waals surface area contributed by atoms with Crippen molar-refractivity contribution in [3.05, 3.63) is 36.8 Å². The number of phenols is 1. The lowest BCUT2D eigenvalue weighted by Crippen LogP contribution is -2.33. The predicted octanol–water partition coefficient (Wildman–Crippen LogP) is 2.50. The van der Waals surface area contributed by atoms with Crippen LogP contribution in [0.3, 0.4) is 0 Å². The van der Waals surface area contributed by atoms with Crippen molar-refractivity contribution < 1.29 is 5.11 Å². The Kier molecular flexibility index (Phi) is 3.65. The number of anilines is 1. The molecule has 4 rings (SSSR count). The smallest absolute Gasteiger partial charge is 0.179 e. The second kappa shape index (κ2) is 5.98. The second-order valence-corrected chi connectivity index (χ2v) is 6.30. The Hall–Kier alpha value is -3.27. The summed E-state index contributed by atoms with van der Waals surface area (Å²) in [6, 6.07) is 7.16. The van der Waals surface area contributed by atoms with Gasteiger partial charge in [-0.25, -0.2) is 9.97 Å². The van der Waals surface area contributed by atoms with Crippen molar-refractivity contribution in [1.29, 1.82) is 5.26 Å². The van der Waals surface area contributed by atoms with E-state index in [0.29, 0.717) is 12.4 Å². The largest absolute Gasteiger partial charge is 0.508 e. The summed E-state index contributed by atoms with van der Waals surface area (Å²) in [5.74, 6) is 0.647. The van der Waals surface area contributed by atoms with E-state index in [-0.39, 0.29) is 11.8 Å². The molecule has 0 amide bonds. The Morgan fingerprint density at radius 3 is 2.80 bits per heavy atom. The van der Waals surface area contributed by atoms with Crippen LogP contribution in [-0.4, -0.2) is 37.6 Å². The molecule has 1 unspecified atom stereocenters. The number of likely N-dealkylation sites (tertiary alicyclic amines) is 1. The van der Waals surface area contributed by atoms with Crippen molar-refractivity contribution in [3.8, 4) is 23.1 Å². The van der Waals surface area contributed by atoms with Gasteiger partial charge in [0.05, 0.1) is 11.4 Å². The standard InChI is InChI=1S/C18H18N6O/c19-10-23-7-1-2-13(8-23)24-9-15(12-3-5-14(25)6-4-12)16-17(20)21-11-22-18(16)24/h3-6,9,11,13,25H,1-2,7-8H2,(H2,20,21,22). The van der Waals surface area contributed by atoms with Crippen LogP contribution in [0.5, 0.6) is 5.75 Å². The van der Waals surface area contributed by atoms with Crippen molar-refractivity contribution in [1.82, 2.24) is 19.4 Å². The number of phenolic OH excluding ortho intramolecular Hbond substituents is 1. The zero-order valence-corrected chi connectivity index (χ0v) is 13.6. The number of nitrogen functional groups attached to an aromatic ring is 1. The number of hydrogen-bond acceptors (Lipinski definition) is 6. The average molecular weight is 334 g/mol. The summed E-state index contributed by atoms with van der Waals surface area (Å²) in [4.78, 5) is 10.4. The molecule has 1 atom stereocenters. The molecular weight excluding hydrogens is 316 g/mol. The minimum atomic E-state index is 0.163. The Morgan fingerprint density at radius 2 is 2.04 bits per heavy atom. The Balaban J connectivity index is 1.87. The molecule has 126 valence electrons. The fourth-order valence-corrected chi connectivity index (χ4v) is 3.52. The van der Waals surface area contributed by atoms with E-state index in [4.69, 9.17) is 5.73 Å². The van der Waals surface area contributed by atoms with E-state index < -0.39 is 0 Å². The summed E-state index contributed by atoms with van der Waals surface area (Å²) < 4.78 is 2.11. The molecule has 7 heteroatoms. The van der Waals surface area contributed by atoms with Gasteiger partial charge in [0.1, 0.15) is 23.5 Å². The summed E-state index contributed by atoms with van der Waals surface area (Å²) in [5.41, 5.74) is 8.80. The lowest BCUT2D eigenvalue weighted by atomic mass is 10.1. The molecule has 3 heterocycles. The molecule has 1 aliphatic rings. The molecule has 3 aromatic rings. The van der Waals surface area contributed by atoms with Gasteiger partial charge in [-0.3, -0.25) is 0 Å². The van der Waals surface area contributed by atoms with Gasteiger partial charge in [-0.2, -0.15) is 5.26 Å². The van der Waals surface area contributed by atoms with Gasteiger partial charge in [-0.15, -0.1) is 0 Å². The molecule has 3 N–H and O–H groups in total. The Bertz CT molecular complexity index is 956. The number of nitrogens with two attached hydrogens (primary N) is 1. The van der Waals surface area contributed by atoms with E-state index in [1.807, 2.05) is 18.3 Å². The van der Waals surface area contributed by atoms with Crippen LogP contribution in [0.2, 0.25) is 0 Å². The van der Waals surface area contributed by atoms with Crippen molar-refractivity contribution in [2.75, 3.05) is 18.8 Å². The fraction of sp³-hybridized carbons (Fsp3) is 0.278. The molecular formula is C18H18N6O. The van der Waals surface area contributed by atoms with Crippen molar-refractivity contribution in [2.24, 2.45) is 0 Å². The third-order valence-corrected chi connectivity index (χ3v) is 4.75. The molecule has 0 aliphatic carbocycles. The minimum Gasteiger partial charge on any atom is -0.508 e. The molecule has 1 saturated heterocycles. The fourth-order valence-electron chi connectivity index (χ4n) is 3.52. The summed E-state index contributed by atoms with van der Waals surface area (Å²) in [5, 5.41) is 19.6.